The topological polar surface area (TPSA) is 46.6 Å². The van der Waals surface area contributed by atoms with E-state index in [1.54, 1.807) is 0 Å². The maximum atomic E-state index is 12.2. The van der Waals surface area contributed by atoms with Gasteiger partial charge in [0.1, 0.15) is 10.5 Å². The highest BCUT2D eigenvalue weighted by Gasteiger charge is 2.49. The molecule has 5 heteroatoms. The summed E-state index contributed by atoms with van der Waals surface area (Å²) in [6.45, 7) is 6.04. The maximum absolute atomic E-state index is 12.2. The Morgan fingerprint density at radius 2 is 2.05 bits per heavy atom. The van der Waals surface area contributed by atoms with E-state index >= 15 is 0 Å². The van der Waals surface area contributed by atoms with E-state index in [9.17, 15) is 9.59 Å². The van der Waals surface area contributed by atoms with Crippen molar-refractivity contribution >= 4 is 24.1 Å². The Hall–Kier alpha value is -1.49. The van der Waals surface area contributed by atoms with Gasteiger partial charge in [-0.1, -0.05) is 30.3 Å². The molecule has 2 rings (SSSR count). The smallest absolute Gasteiger partial charge is 0.411 e. The van der Waals surface area contributed by atoms with Crippen LogP contribution in [-0.4, -0.2) is 34.3 Å². The fourth-order valence-electron chi connectivity index (χ4n) is 2.10. The molecule has 1 amide bonds. The third-order valence-electron chi connectivity index (χ3n) is 3.28. The normalized spacial score (nSPS) is 21.6. The lowest BCUT2D eigenvalue weighted by Crippen LogP contribution is -2.62. The van der Waals surface area contributed by atoms with E-state index < -0.39 is 16.6 Å². The number of thioether (sulfide) groups is 1. The number of aldehydes is 1. The van der Waals surface area contributed by atoms with E-state index in [0.717, 1.165) is 11.8 Å². The highest BCUT2D eigenvalue weighted by atomic mass is 32.2. The molecule has 0 spiro atoms. The molecule has 1 aromatic rings. The minimum Gasteiger partial charge on any atom is -0.444 e. The standard InChI is InChI=1S/C16H21NO3S/c1-15(2,3)20-14(19)17-10-9-16(17,12-18)21-11-13-7-5-4-6-8-13/h4-8,12H,9-11H2,1-3H3. The summed E-state index contributed by atoms with van der Waals surface area (Å²) >= 11 is 1.48. The van der Waals surface area contributed by atoms with Crippen molar-refractivity contribution in [2.45, 2.75) is 43.4 Å². The Morgan fingerprint density at radius 3 is 2.52 bits per heavy atom. The van der Waals surface area contributed by atoms with Gasteiger partial charge in [-0.25, -0.2) is 4.79 Å². The molecule has 1 heterocycles. The van der Waals surface area contributed by atoms with E-state index in [4.69, 9.17) is 4.74 Å². The molecular formula is C16H21NO3S. The first kappa shape index (κ1) is 15.9. The lowest BCUT2D eigenvalue weighted by Gasteiger charge is -2.48. The van der Waals surface area contributed by atoms with Gasteiger partial charge in [-0.05, 0) is 26.3 Å². The second-order valence-electron chi connectivity index (χ2n) is 6.12. The van der Waals surface area contributed by atoms with Crippen molar-refractivity contribution in [3.05, 3.63) is 35.9 Å². The van der Waals surface area contributed by atoms with Crippen LogP contribution in [0.1, 0.15) is 32.8 Å². The monoisotopic (exact) mass is 307 g/mol. The summed E-state index contributed by atoms with van der Waals surface area (Å²) in [6, 6.07) is 9.93. The van der Waals surface area contributed by atoms with E-state index in [1.807, 2.05) is 51.1 Å². The molecule has 1 aromatic carbocycles. The first-order valence-electron chi connectivity index (χ1n) is 7.01. The quantitative estimate of drug-likeness (QED) is 0.799. The van der Waals surface area contributed by atoms with Gasteiger partial charge in [-0.2, -0.15) is 0 Å². The summed E-state index contributed by atoms with van der Waals surface area (Å²) in [5, 5.41) is 0. The number of amides is 1. The molecule has 21 heavy (non-hydrogen) atoms. The molecule has 1 saturated heterocycles. The van der Waals surface area contributed by atoms with Gasteiger partial charge in [-0.3, -0.25) is 9.69 Å². The molecule has 0 radical (unpaired) electrons. The van der Waals surface area contributed by atoms with Crippen molar-refractivity contribution in [3.63, 3.8) is 0 Å². The molecule has 1 unspecified atom stereocenters. The maximum Gasteiger partial charge on any atom is 0.411 e. The number of nitrogens with zero attached hydrogens (tertiary/aromatic N) is 1. The second-order valence-corrected chi connectivity index (χ2v) is 7.40. The van der Waals surface area contributed by atoms with Crippen molar-refractivity contribution in [1.29, 1.82) is 0 Å². The molecule has 1 fully saturated rings. The highest BCUT2D eigenvalue weighted by Crippen LogP contribution is 2.41. The van der Waals surface area contributed by atoms with Crippen LogP contribution in [-0.2, 0) is 15.3 Å². The molecule has 4 nitrogen and oxygen atoms in total. The van der Waals surface area contributed by atoms with Crippen LogP contribution >= 0.6 is 11.8 Å². The Bertz CT molecular complexity index is 512. The van der Waals surface area contributed by atoms with Gasteiger partial charge in [0.15, 0.2) is 6.29 Å². The van der Waals surface area contributed by atoms with E-state index in [1.165, 1.54) is 16.7 Å². The minimum atomic E-state index is -0.780. The Balaban J connectivity index is 2.01. The Labute approximate surface area is 129 Å². The fourth-order valence-corrected chi connectivity index (χ4v) is 3.33. The van der Waals surface area contributed by atoms with Crippen LogP contribution in [0.2, 0.25) is 0 Å². The van der Waals surface area contributed by atoms with Crippen molar-refractivity contribution in [3.8, 4) is 0 Å². The number of likely N-dealkylation sites (tertiary alicyclic amines) is 1. The summed E-state index contributed by atoms with van der Waals surface area (Å²) in [5.74, 6) is 0.693. The van der Waals surface area contributed by atoms with Crippen molar-refractivity contribution in [1.82, 2.24) is 4.90 Å². The van der Waals surface area contributed by atoms with E-state index in [0.29, 0.717) is 18.7 Å². The zero-order chi connectivity index (χ0) is 15.5. The van der Waals surface area contributed by atoms with Gasteiger partial charge < -0.3 is 4.74 Å². The molecule has 0 aromatic heterocycles. The van der Waals surface area contributed by atoms with Crippen LogP contribution in [0.3, 0.4) is 0 Å². The summed E-state index contributed by atoms with van der Waals surface area (Å²) in [6.07, 6.45) is 1.13. The number of benzene rings is 1. The third kappa shape index (κ3) is 3.79. The van der Waals surface area contributed by atoms with Gasteiger partial charge >= 0.3 is 6.09 Å². The fraction of sp³-hybridized carbons (Fsp3) is 0.500. The predicted molar refractivity (Wildman–Crippen MR) is 84.1 cm³/mol. The average Bonchev–Trinajstić information content (AvgIpc) is 2.37. The zero-order valence-electron chi connectivity index (χ0n) is 12.7. The molecule has 0 bridgehead atoms. The largest absolute Gasteiger partial charge is 0.444 e. The molecule has 1 aliphatic rings. The number of ether oxygens (including phenoxy) is 1. The van der Waals surface area contributed by atoms with Crippen LogP contribution in [0, 0.1) is 0 Å². The van der Waals surface area contributed by atoms with E-state index in [2.05, 4.69) is 0 Å². The number of hydrogen-bond donors (Lipinski definition) is 0. The molecule has 1 atom stereocenters. The van der Waals surface area contributed by atoms with Gasteiger partial charge in [0, 0.05) is 18.7 Å². The van der Waals surface area contributed by atoms with Crippen molar-refractivity contribution in [2.75, 3.05) is 6.54 Å². The van der Waals surface area contributed by atoms with Crippen LogP contribution in [0.25, 0.3) is 0 Å². The third-order valence-corrected chi connectivity index (χ3v) is 4.78. The number of carbonyl (C=O) groups excluding carboxylic acids is 2. The molecule has 0 saturated carbocycles. The number of hydrogen-bond acceptors (Lipinski definition) is 4. The molecule has 0 aliphatic carbocycles. The highest BCUT2D eigenvalue weighted by molar-refractivity contribution is 8.00. The Morgan fingerprint density at radius 1 is 1.38 bits per heavy atom. The number of carbonyl (C=O) groups is 2. The predicted octanol–water partition coefficient (Wildman–Crippen LogP) is 3.46. The zero-order valence-corrected chi connectivity index (χ0v) is 13.5. The van der Waals surface area contributed by atoms with Gasteiger partial charge in [0.25, 0.3) is 0 Å². The van der Waals surface area contributed by atoms with Crippen LogP contribution < -0.4 is 0 Å². The lowest BCUT2D eigenvalue weighted by atomic mass is 10.1. The summed E-state index contributed by atoms with van der Waals surface area (Å²) in [5.41, 5.74) is 0.588. The van der Waals surface area contributed by atoms with Crippen LogP contribution in [0.4, 0.5) is 4.79 Å². The summed E-state index contributed by atoms with van der Waals surface area (Å²) in [4.78, 5) is 24.4. The average molecular weight is 307 g/mol. The second kappa shape index (κ2) is 6.10. The summed E-state index contributed by atoms with van der Waals surface area (Å²) < 4.78 is 5.37. The van der Waals surface area contributed by atoms with Crippen LogP contribution in [0.15, 0.2) is 30.3 Å². The van der Waals surface area contributed by atoms with Gasteiger partial charge in [0.2, 0.25) is 0 Å². The first-order chi connectivity index (χ1) is 9.86. The van der Waals surface area contributed by atoms with Gasteiger partial charge in [-0.15, -0.1) is 11.8 Å². The molecular weight excluding hydrogens is 286 g/mol. The SMILES string of the molecule is CC(C)(C)OC(=O)N1CCC1(C=O)SCc1ccccc1. The van der Waals surface area contributed by atoms with Gasteiger partial charge in [0.05, 0.1) is 0 Å². The van der Waals surface area contributed by atoms with E-state index in [-0.39, 0.29) is 0 Å². The number of rotatable bonds is 4. The first-order valence-corrected chi connectivity index (χ1v) is 8.00. The molecule has 1 aliphatic heterocycles. The Kier molecular flexibility index (Phi) is 4.61. The molecule has 114 valence electrons. The lowest BCUT2D eigenvalue weighted by molar-refractivity contribution is -0.118. The van der Waals surface area contributed by atoms with Crippen LogP contribution in [0.5, 0.6) is 0 Å². The molecule has 0 N–H and O–H groups in total. The summed E-state index contributed by atoms with van der Waals surface area (Å²) in [7, 11) is 0. The van der Waals surface area contributed by atoms with Crippen molar-refractivity contribution < 1.29 is 14.3 Å². The minimum absolute atomic E-state index is 0.415. The van der Waals surface area contributed by atoms with Crippen molar-refractivity contribution in [2.24, 2.45) is 0 Å².